The van der Waals surface area contributed by atoms with Crippen molar-refractivity contribution in [3.63, 3.8) is 0 Å². The molecule has 2 aliphatic rings. The maximum absolute atomic E-state index is 13.5. The first-order valence-corrected chi connectivity index (χ1v) is 8.85. The third kappa shape index (κ3) is 3.15. The Morgan fingerprint density at radius 2 is 1.93 bits per heavy atom. The van der Waals surface area contributed by atoms with Crippen LogP contribution in [0.2, 0.25) is 5.02 Å². The Balaban J connectivity index is 1.75. The van der Waals surface area contributed by atoms with Crippen molar-refractivity contribution in [2.75, 3.05) is 31.6 Å². The van der Waals surface area contributed by atoms with Crippen molar-refractivity contribution in [2.24, 2.45) is 0 Å². The molecule has 2 saturated heterocycles. The van der Waals surface area contributed by atoms with Crippen LogP contribution in [0.1, 0.15) is 18.7 Å². The number of likely N-dealkylation sites (N-methyl/N-ethyl adjacent to an activating group) is 1. The molecule has 4 rings (SSSR count). The van der Waals surface area contributed by atoms with Crippen LogP contribution in [0.15, 0.2) is 12.4 Å². The largest absolute Gasteiger partial charge is 0.435 e. The van der Waals surface area contributed by atoms with Gasteiger partial charge in [-0.1, -0.05) is 11.6 Å². The van der Waals surface area contributed by atoms with Crippen LogP contribution in [0, 0.1) is 0 Å². The van der Waals surface area contributed by atoms with Gasteiger partial charge in [0.05, 0.1) is 35.1 Å². The molecule has 11 heteroatoms. The molecule has 2 aromatic heterocycles. The van der Waals surface area contributed by atoms with Gasteiger partial charge in [0.1, 0.15) is 0 Å². The molecule has 0 amide bonds. The third-order valence-electron chi connectivity index (χ3n) is 5.09. The standard InChI is InChI=1S/C16H18ClF3N6O/c1-8-11(27)7-25(8)15-22-13(12(17)14(23-15)16(18,19)20)9-3-21-26(4-9)10-5-24(2)6-10/h3-4,8,10-11,27H,5-7H2,1-2H3/t8-,11+/m0/s1. The zero-order chi connectivity index (χ0) is 19.5. The van der Waals surface area contributed by atoms with Gasteiger partial charge in [0.15, 0.2) is 5.69 Å². The summed E-state index contributed by atoms with van der Waals surface area (Å²) >= 11 is 6.03. The number of hydrogen-bond acceptors (Lipinski definition) is 6. The molecule has 1 N–H and O–H groups in total. The van der Waals surface area contributed by atoms with Gasteiger partial charge in [-0.3, -0.25) is 4.68 Å². The Kier molecular flexibility index (Phi) is 4.32. The Morgan fingerprint density at radius 3 is 2.48 bits per heavy atom. The van der Waals surface area contributed by atoms with Crippen LogP contribution in [-0.4, -0.2) is 68.6 Å². The predicted molar refractivity (Wildman–Crippen MR) is 92.6 cm³/mol. The molecule has 4 heterocycles. The molecule has 0 bridgehead atoms. The highest BCUT2D eigenvalue weighted by Gasteiger charge is 2.41. The van der Waals surface area contributed by atoms with Gasteiger partial charge in [-0.25, -0.2) is 9.97 Å². The Morgan fingerprint density at radius 1 is 1.22 bits per heavy atom. The number of likely N-dealkylation sites (tertiary alicyclic amines) is 1. The molecular weight excluding hydrogens is 385 g/mol. The summed E-state index contributed by atoms with van der Waals surface area (Å²) in [6, 6.07) is -0.190. The topological polar surface area (TPSA) is 70.3 Å². The number of β-amino-alcohol motifs (C(OH)–C–C–N with tert-alkyl or cyclic N) is 1. The molecule has 2 aliphatic heterocycles. The van der Waals surface area contributed by atoms with Gasteiger partial charge >= 0.3 is 6.18 Å². The van der Waals surface area contributed by atoms with Gasteiger partial charge in [0.25, 0.3) is 0 Å². The summed E-state index contributed by atoms with van der Waals surface area (Å²) in [5.74, 6) is -0.101. The Labute approximate surface area is 158 Å². The quantitative estimate of drug-likeness (QED) is 0.847. The first kappa shape index (κ1) is 18.5. The number of hydrogen-bond donors (Lipinski definition) is 1. The van der Waals surface area contributed by atoms with Crippen molar-refractivity contribution in [3.05, 3.63) is 23.1 Å². The van der Waals surface area contributed by atoms with Crippen molar-refractivity contribution in [3.8, 4) is 11.3 Å². The SMILES string of the molecule is C[C@H]1[C@H](O)CN1c1nc(-c2cnn(C3CN(C)C3)c2)c(Cl)c(C(F)(F)F)n1. The van der Waals surface area contributed by atoms with E-state index in [9.17, 15) is 18.3 Å². The van der Waals surface area contributed by atoms with Crippen molar-refractivity contribution in [2.45, 2.75) is 31.3 Å². The van der Waals surface area contributed by atoms with Gasteiger partial charge in [0, 0.05) is 31.4 Å². The second-order valence-corrected chi connectivity index (χ2v) is 7.45. The first-order valence-electron chi connectivity index (χ1n) is 8.47. The fourth-order valence-corrected chi connectivity index (χ4v) is 3.59. The van der Waals surface area contributed by atoms with E-state index in [0.29, 0.717) is 5.56 Å². The van der Waals surface area contributed by atoms with Crippen LogP contribution < -0.4 is 4.90 Å². The summed E-state index contributed by atoms with van der Waals surface area (Å²) in [5.41, 5.74) is -0.798. The Hall–Kier alpha value is -1.91. The molecule has 27 heavy (non-hydrogen) atoms. The summed E-state index contributed by atoms with van der Waals surface area (Å²) in [6.07, 6.45) is -2.22. The molecule has 2 atom stereocenters. The molecular formula is C16H18ClF3N6O. The molecule has 0 saturated carbocycles. The number of aliphatic hydroxyl groups excluding tert-OH is 1. The lowest BCUT2D eigenvalue weighted by Gasteiger charge is -2.43. The third-order valence-corrected chi connectivity index (χ3v) is 5.45. The van der Waals surface area contributed by atoms with E-state index >= 15 is 0 Å². The van der Waals surface area contributed by atoms with E-state index in [1.54, 1.807) is 17.8 Å². The average molecular weight is 403 g/mol. The van der Waals surface area contributed by atoms with Crippen LogP contribution in [-0.2, 0) is 6.18 Å². The number of aromatic nitrogens is 4. The van der Waals surface area contributed by atoms with Crippen LogP contribution in [0.3, 0.4) is 0 Å². The fraction of sp³-hybridized carbons (Fsp3) is 0.562. The minimum atomic E-state index is -4.72. The molecule has 7 nitrogen and oxygen atoms in total. The summed E-state index contributed by atoms with van der Waals surface area (Å²) < 4.78 is 42.1. The highest BCUT2D eigenvalue weighted by atomic mass is 35.5. The first-order chi connectivity index (χ1) is 12.6. The van der Waals surface area contributed by atoms with E-state index in [-0.39, 0.29) is 30.3 Å². The predicted octanol–water partition coefficient (Wildman–Crippen LogP) is 2.07. The minimum Gasteiger partial charge on any atom is -0.389 e. The fourth-order valence-electron chi connectivity index (χ4n) is 3.29. The zero-order valence-electron chi connectivity index (χ0n) is 14.7. The highest BCUT2D eigenvalue weighted by molar-refractivity contribution is 6.33. The maximum Gasteiger partial charge on any atom is 0.435 e. The molecule has 0 aromatic carbocycles. The molecule has 2 aromatic rings. The number of alkyl halides is 3. The zero-order valence-corrected chi connectivity index (χ0v) is 15.4. The van der Waals surface area contributed by atoms with Crippen molar-refractivity contribution < 1.29 is 18.3 Å². The van der Waals surface area contributed by atoms with Crippen LogP contribution in [0.25, 0.3) is 11.3 Å². The van der Waals surface area contributed by atoms with E-state index in [1.165, 1.54) is 11.1 Å². The molecule has 146 valence electrons. The molecule has 0 aliphatic carbocycles. The van der Waals surface area contributed by atoms with Gasteiger partial charge in [-0.15, -0.1) is 0 Å². The smallest absolute Gasteiger partial charge is 0.389 e. The average Bonchev–Trinajstić information content (AvgIpc) is 3.05. The maximum atomic E-state index is 13.5. The molecule has 2 fully saturated rings. The molecule has 0 spiro atoms. The highest BCUT2D eigenvalue weighted by Crippen LogP contribution is 2.40. The lowest BCUT2D eigenvalue weighted by atomic mass is 10.0. The monoisotopic (exact) mass is 402 g/mol. The molecule has 0 unspecified atom stereocenters. The van der Waals surface area contributed by atoms with Crippen LogP contribution in [0.5, 0.6) is 0 Å². The van der Waals surface area contributed by atoms with Crippen molar-refractivity contribution >= 4 is 17.5 Å². The van der Waals surface area contributed by atoms with Gasteiger partial charge in [-0.05, 0) is 14.0 Å². The number of aliphatic hydroxyl groups is 1. The Bertz CT molecular complexity index is 866. The van der Waals surface area contributed by atoms with E-state index in [1.807, 2.05) is 7.05 Å². The number of halogens is 4. The number of rotatable bonds is 3. The lowest BCUT2D eigenvalue weighted by molar-refractivity contribution is -0.141. The van der Waals surface area contributed by atoms with Crippen LogP contribution in [0.4, 0.5) is 19.1 Å². The van der Waals surface area contributed by atoms with E-state index < -0.39 is 23.0 Å². The summed E-state index contributed by atoms with van der Waals surface area (Å²) in [4.78, 5) is 11.5. The molecule has 0 radical (unpaired) electrons. The van der Waals surface area contributed by atoms with E-state index in [4.69, 9.17) is 11.6 Å². The summed E-state index contributed by atoms with van der Waals surface area (Å²) in [6.45, 7) is 3.51. The minimum absolute atomic E-state index is 0.0125. The second kappa shape index (κ2) is 6.32. The number of nitrogens with zero attached hydrogens (tertiary/aromatic N) is 6. The van der Waals surface area contributed by atoms with Crippen LogP contribution >= 0.6 is 11.6 Å². The van der Waals surface area contributed by atoms with E-state index in [0.717, 1.165) is 13.1 Å². The summed E-state index contributed by atoms with van der Waals surface area (Å²) in [5, 5.41) is 13.4. The second-order valence-electron chi connectivity index (χ2n) is 7.08. The van der Waals surface area contributed by atoms with Crippen molar-refractivity contribution in [1.82, 2.24) is 24.6 Å². The van der Waals surface area contributed by atoms with Gasteiger partial charge in [0.2, 0.25) is 5.95 Å². The van der Waals surface area contributed by atoms with Gasteiger partial charge in [-0.2, -0.15) is 18.3 Å². The number of anilines is 1. The van der Waals surface area contributed by atoms with Crippen molar-refractivity contribution in [1.29, 1.82) is 0 Å². The lowest BCUT2D eigenvalue weighted by Crippen LogP contribution is -2.59. The normalized spacial score (nSPS) is 24.0. The summed E-state index contributed by atoms with van der Waals surface area (Å²) in [7, 11) is 1.98. The van der Waals surface area contributed by atoms with Gasteiger partial charge < -0.3 is 14.9 Å². The van der Waals surface area contributed by atoms with E-state index in [2.05, 4.69) is 20.0 Å².